The SMILES string of the molecule is CC[C@@H](/C=N/NC(=O)NCC1CCC(C(=O)O)CC1)NC. The quantitative estimate of drug-likeness (QED) is 0.418. The Bertz CT molecular complexity index is 361. The summed E-state index contributed by atoms with van der Waals surface area (Å²) in [5, 5.41) is 18.6. The molecule has 0 aliphatic heterocycles. The molecule has 1 atom stereocenters. The molecule has 0 aromatic carbocycles. The van der Waals surface area contributed by atoms with Gasteiger partial charge in [0.25, 0.3) is 0 Å². The first-order chi connectivity index (χ1) is 10.1. The van der Waals surface area contributed by atoms with Crippen molar-refractivity contribution < 1.29 is 14.7 Å². The molecule has 0 saturated heterocycles. The first kappa shape index (κ1) is 17.4. The number of hydrogen-bond acceptors (Lipinski definition) is 4. The van der Waals surface area contributed by atoms with Crippen molar-refractivity contribution in [2.45, 2.75) is 45.1 Å². The van der Waals surface area contributed by atoms with Crippen LogP contribution in [0.1, 0.15) is 39.0 Å². The molecule has 1 aliphatic rings. The summed E-state index contributed by atoms with van der Waals surface area (Å²) in [5.41, 5.74) is 2.43. The van der Waals surface area contributed by atoms with Gasteiger partial charge in [-0.3, -0.25) is 4.79 Å². The Hall–Kier alpha value is -1.63. The highest BCUT2D eigenvalue weighted by Gasteiger charge is 2.25. The molecule has 2 amide bonds. The lowest BCUT2D eigenvalue weighted by Gasteiger charge is -2.25. The Kier molecular flexibility index (Phi) is 7.74. The van der Waals surface area contributed by atoms with E-state index in [1.807, 2.05) is 14.0 Å². The van der Waals surface area contributed by atoms with Crippen molar-refractivity contribution >= 4 is 18.2 Å². The average Bonchev–Trinajstić information content (AvgIpc) is 2.50. The van der Waals surface area contributed by atoms with Crippen LogP contribution in [0.5, 0.6) is 0 Å². The predicted molar refractivity (Wildman–Crippen MR) is 81.2 cm³/mol. The molecule has 0 bridgehead atoms. The van der Waals surface area contributed by atoms with Crippen LogP contribution in [-0.2, 0) is 4.79 Å². The van der Waals surface area contributed by atoms with E-state index < -0.39 is 5.97 Å². The Labute approximate surface area is 125 Å². The number of carboxylic acids is 1. The summed E-state index contributed by atoms with van der Waals surface area (Å²) in [7, 11) is 1.84. The van der Waals surface area contributed by atoms with Crippen LogP contribution in [0.4, 0.5) is 4.79 Å². The third-order valence-corrected chi connectivity index (χ3v) is 3.98. The molecule has 4 N–H and O–H groups in total. The summed E-state index contributed by atoms with van der Waals surface area (Å²) >= 11 is 0. The van der Waals surface area contributed by atoms with Gasteiger partial charge in [0.2, 0.25) is 0 Å². The van der Waals surface area contributed by atoms with Gasteiger partial charge in [-0.05, 0) is 45.1 Å². The van der Waals surface area contributed by atoms with E-state index in [4.69, 9.17) is 5.11 Å². The number of rotatable bonds is 7. The molecule has 7 heteroatoms. The molecule has 1 aliphatic carbocycles. The minimum atomic E-state index is -0.705. The maximum Gasteiger partial charge on any atom is 0.335 e. The Morgan fingerprint density at radius 3 is 2.52 bits per heavy atom. The number of carbonyl (C=O) groups excluding carboxylic acids is 1. The summed E-state index contributed by atoms with van der Waals surface area (Å²) in [6, 6.07) is -0.172. The Morgan fingerprint density at radius 2 is 2.00 bits per heavy atom. The number of carboxylic acid groups (broad SMARTS) is 1. The summed E-state index contributed by atoms with van der Waals surface area (Å²) in [6.07, 6.45) is 5.65. The zero-order chi connectivity index (χ0) is 15.7. The highest BCUT2D eigenvalue weighted by atomic mass is 16.4. The van der Waals surface area contributed by atoms with Crippen LogP contribution in [0, 0.1) is 11.8 Å². The van der Waals surface area contributed by atoms with Gasteiger partial charge in [0, 0.05) is 18.8 Å². The maximum atomic E-state index is 11.6. The van der Waals surface area contributed by atoms with E-state index >= 15 is 0 Å². The zero-order valence-electron chi connectivity index (χ0n) is 12.8. The third kappa shape index (κ3) is 6.57. The highest BCUT2D eigenvalue weighted by molar-refractivity contribution is 5.75. The number of aliphatic carboxylic acids is 1. The van der Waals surface area contributed by atoms with Crippen LogP contribution in [-0.4, -0.2) is 43.0 Å². The van der Waals surface area contributed by atoms with Crippen LogP contribution < -0.4 is 16.1 Å². The monoisotopic (exact) mass is 298 g/mol. The van der Waals surface area contributed by atoms with E-state index in [-0.39, 0.29) is 18.0 Å². The van der Waals surface area contributed by atoms with Gasteiger partial charge < -0.3 is 15.7 Å². The number of amides is 2. The molecule has 1 fully saturated rings. The van der Waals surface area contributed by atoms with Crippen LogP contribution in [0.15, 0.2) is 5.10 Å². The fourth-order valence-corrected chi connectivity index (χ4v) is 2.46. The van der Waals surface area contributed by atoms with E-state index in [0.29, 0.717) is 25.3 Å². The number of carbonyl (C=O) groups is 2. The van der Waals surface area contributed by atoms with E-state index in [1.54, 1.807) is 6.21 Å². The molecule has 0 unspecified atom stereocenters. The molecule has 7 nitrogen and oxygen atoms in total. The second-order valence-electron chi connectivity index (χ2n) is 5.46. The van der Waals surface area contributed by atoms with E-state index in [2.05, 4.69) is 21.2 Å². The molecule has 0 heterocycles. The lowest BCUT2D eigenvalue weighted by molar-refractivity contribution is -0.143. The fraction of sp³-hybridized carbons (Fsp3) is 0.786. The van der Waals surface area contributed by atoms with Crippen LogP contribution in [0.3, 0.4) is 0 Å². The van der Waals surface area contributed by atoms with Crippen molar-refractivity contribution in [1.82, 2.24) is 16.1 Å². The number of hydrazone groups is 1. The van der Waals surface area contributed by atoms with Gasteiger partial charge in [-0.15, -0.1) is 0 Å². The lowest BCUT2D eigenvalue weighted by Crippen LogP contribution is -2.37. The molecule has 0 radical (unpaired) electrons. The highest BCUT2D eigenvalue weighted by Crippen LogP contribution is 2.28. The normalized spacial score (nSPS) is 23.7. The number of nitrogens with one attached hydrogen (secondary N) is 3. The second-order valence-corrected chi connectivity index (χ2v) is 5.46. The maximum absolute atomic E-state index is 11.6. The van der Waals surface area contributed by atoms with Crippen molar-refractivity contribution in [3.8, 4) is 0 Å². The average molecular weight is 298 g/mol. The largest absolute Gasteiger partial charge is 0.481 e. The predicted octanol–water partition coefficient (Wildman–Crippen LogP) is 1.16. The van der Waals surface area contributed by atoms with Gasteiger partial charge in [0.15, 0.2) is 0 Å². The summed E-state index contributed by atoms with van der Waals surface area (Å²) in [4.78, 5) is 22.4. The van der Waals surface area contributed by atoms with Crippen molar-refractivity contribution in [3.63, 3.8) is 0 Å². The number of nitrogens with zero attached hydrogens (tertiary/aromatic N) is 1. The Balaban J connectivity index is 2.18. The van der Waals surface area contributed by atoms with Gasteiger partial charge in [-0.25, -0.2) is 10.2 Å². The summed E-state index contributed by atoms with van der Waals surface area (Å²) in [6.45, 7) is 2.59. The van der Waals surface area contributed by atoms with Crippen LogP contribution >= 0.6 is 0 Å². The molecule has 0 aromatic rings. The van der Waals surface area contributed by atoms with E-state index in [0.717, 1.165) is 19.3 Å². The number of urea groups is 1. The first-order valence-corrected chi connectivity index (χ1v) is 7.53. The zero-order valence-corrected chi connectivity index (χ0v) is 12.8. The molecule has 21 heavy (non-hydrogen) atoms. The molecule has 0 aromatic heterocycles. The summed E-state index contributed by atoms with van der Waals surface area (Å²) in [5.74, 6) is -0.563. The van der Waals surface area contributed by atoms with Crippen molar-refractivity contribution in [2.75, 3.05) is 13.6 Å². The van der Waals surface area contributed by atoms with Gasteiger partial charge in [-0.2, -0.15) is 5.10 Å². The smallest absolute Gasteiger partial charge is 0.335 e. The molecule has 1 saturated carbocycles. The molecule has 0 spiro atoms. The van der Waals surface area contributed by atoms with Crippen molar-refractivity contribution in [2.24, 2.45) is 16.9 Å². The molecular formula is C14H26N4O3. The van der Waals surface area contributed by atoms with Gasteiger partial charge >= 0.3 is 12.0 Å². The van der Waals surface area contributed by atoms with Crippen LogP contribution in [0.2, 0.25) is 0 Å². The number of hydrogen-bond donors (Lipinski definition) is 4. The van der Waals surface area contributed by atoms with Gasteiger partial charge in [0.1, 0.15) is 0 Å². The first-order valence-electron chi connectivity index (χ1n) is 7.53. The van der Waals surface area contributed by atoms with Gasteiger partial charge in [-0.1, -0.05) is 6.92 Å². The lowest BCUT2D eigenvalue weighted by atomic mass is 9.82. The minimum absolute atomic E-state index is 0.150. The van der Waals surface area contributed by atoms with Crippen LogP contribution in [0.25, 0.3) is 0 Å². The standard InChI is InChI=1S/C14H26N4O3/c1-3-12(15-2)9-17-18-14(21)16-8-10-4-6-11(7-5-10)13(19)20/h9-12,15H,3-8H2,1-2H3,(H,19,20)(H2,16,18,21)/b17-9+/t10?,11?,12-/m0/s1. The van der Waals surface area contributed by atoms with E-state index in [1.165, 1.54) is 0 Å². The minimum Gasteiger partial charge on any atom is -0.481 e. The van der Waals surface area contributed by atoms with Crippen molar-refractivity contribution in [1.29, 1.82) is 0 Å². The van der Waals surface area contributed by atoms with Crippen molar-refractivity contribution in [3.05, 3.63) is 0 Å². The molecule has 120 valence electrons. The fourth-order valence-electron chi connectivity index (χ4n) is 2.46. The Morgan fingerprint density at radius 1 is 1.33 bits per heavy atom. The van der Waals surface area contributed by atoms with Gasteiger partial charge in [0.05, 0.1) is 5.92 Å². The molecular weight excluding hydrogens is 272 g/mol. The third-order valence-electron chi connectivity index (χ3n) is 3.98. The second kappa shape index (κ2) is 9.33. The summed E-state index contributed by atoms with van der Waals surface area (Å²) < 4.78 is 0. The van der Waals surface area contributed by atoms with E-state index in [9.17, 15) is 9.59 Å². The molecule has 1 rings (SSSR count). The topological polar surface area (TPSA) is 103 Å².